The van der Waals surface area contributed by atoms with Gasteiger partial charge in [0.25, 0.3) is 0 Å². The minimum absolute atomic E-state index is 0.0337. The molecule has 1 aliphatic heterocycles. The van der Waals surface area contributed by atoms with E-state index in [0.717, 1.165) is 23.9 Å². The smallest absolute Gasteiger partial charge is 0.229 e. The zero-order valence-electron chi connectivity index (χ0n) is 12.5. The van der Waals surface area contributed by atoms with Gasteiger partial charge in [-0.2, -0.15) is 0 Å². The lowest BCUT2D eigenvalue weighted by atomic mass is 10.2. The number of anilines is 2. The van der Waals surface area contributed by atoms with Crippen molar-refractivity contribution in [3.8, 4) is 0 Å². The lowest BCUT2D eigenvalue weighted by Crippen LogP contribution is -2.26. The molecular formula is C16H20N4OS. The van der Waals surface area contributed by atoms with E-state index in [1.165, 1.54) is 25.7 Å². The second kappa shape index (κ2) is 7.35. The first kappa shape index (κ1) is 15.0. The van der Waals surface area contributed by atoms with Crippen LogP contribution in [-0.4, -0.2) is 29.0 Å². The van der Waals surface area contributed by atoms with Crippen molar-refractivity contribution < 1.29 is 4.79 Å². The van der Waals surface area contributed by atoms with Crippen molar-refractivity contribution in [2.24, 2.45) is 0 Å². The zero-order chi connectivity index (χ0) is 15.2. The SMILES string of the molecule is O=C(Cc1cccs1)Nc1cnc(N2CCCCCC2)nc1. The van der Waals surface area contributed by atoms with Crippen LogP contribution in [0.1, 0.15) is 30.6 Å². The normalized spacial score (nSPS) is 15.4. The first-order valence-electron chi connectivity index (χ1n) is 7.70. The van der Waals surface area contributed by atoms with Gasteiger partial charge in [0, 0.05) is 18.0 Å². The molecule has 1 N–H and O–H groups in total. The van der Waals surface area contributed by atoms with Crippen LogP contribution in [0.3, 0.4) is 0 Å². The Hall–Kier alpha value is -1.95. The average molecular weight is 316 g/mol. The molecule has 1 amide bonds. The number of carbonyl (C=O) groups excluding carboxylic acids is 1. The third-order valence-corrected chi connectivity index (χ3v) is 4.60. The van der Waals surface area contributed by atoms with Crippen LogP contribution >= 0.6 is 11.3 Å². The highest BCUT2D eigenvalue weighted by molar-refractivity contribution is 7.10. The molecule has 3 heterocycles. The first-order valence-corrected chi connectivity index (χ1v) is 8.58. The molecule has 0 aliphatic carbocycles. The fourth-order valence-corrected chi connectivity index (χ4v) is 3.30. The summed E-state index contributed by atoms with van der Waals surface area (Å²) in [5.41, 5.74) is 0.653. The number of hydrogen-bond donors (Lipinski definition) is 1. The summed E-state index contributed by atoms with van der Waals surface area (Å²) < 4.78 is 0. The topological polar surface area (TPSA) is 58.1 Å². The van der Waals surface area contributed by atoms with E-state index in [2.05, 4.69) is 20.2 Å². The largest absolute Gasteiger partial charge is 0.341 e. The molecule has 1 fully saturated rings. The Kier molecular flexibility index (Phi) is 5.00. The van der Waals surface area contributed by atoms with Gasteiger partial charge in [-0.15, -0.1) is 11.3 Å². The number of carbonyl (C=O) groups is 1. The third kappa shape index (κ3) is 4.04. The molecule has 116 valence electrons. The van der Waals surface area contributed by atoms with Crippen LogP contribution in [-0.2, 0) is 11.2 Å². The summed E-state index contributed by atoms with van der Waals surface area (Å²) in [6.45, 7) is 2.04. The van der Waals surface area contributed by atoms with E-state index in [-0.39, 0.29) is 5.91 Å². The maximum absolute atomic E-state index is 11.9. The van der Waals surface area contributed by atoms with Crippen molar-refractivity contribution in [2.45, 2.75) is 32.1 Å². The molecule has 0 bridgehead atoms. The van der Waals surface area contributed by atoms with Gasteiger partial charge in [-0.3, -0.25) is 4.79 Å². The second-order valence-corrected chi connectivity index (χ2v) is 6.51. The fourth-order valence-electron chi connectivity index (χ4n) is 2.60. The molecular weight excluding hydrogens is 296 g/mol. The molecule has 22 heavy (non-hydrogen) atoms. The highest BCUT2D eigenvalue weighted by Crippen LogP contribution is 2.16. The number of nitrogens with one attached hydrogen (secondary N) is 1. The van der Waals surface area contributed by atoms with E-state index in [1.54, 1.807) is 23.7 Å². The predicted octanol–water partition coefficient (Wildman–Crippen LogP) is 3.10. The maximum Gasteiger partial charge on any atom is 0.229 e. The van der Waals surface area contributed by atoms with Crippen LogP contribution in [0.25, 0.3) is 0 Å². The van der Waals surface area contributed by atoms with E-state index in [4.69, 9.17) is 0 Å². The van der Waals surface area contributed by atoms with Crippen molar-refractivity contribution in [1.82, 2.24) is 9.97 Å². The van der Waals surface area contributed by atoms with Gasteiger partial charge in [-0.25, -0.2) is 9.97 Å². The molecule has 1 aliphatic rings. The molecule has 0 atom stereocenters. The van der Waals surface area contributed by atoms with Gasteiger partial charge in [-0.1, -0.05) is 18.9 Å². The molecule has 2 aromatic rings. The summed E-state index contributed by atoms with van der Waals surface area (Å²) >= 11 is 1.59. The van der Waals surface area contributed by atoms with E-state index in [0.29, 0.717) is 12.1 Å². The summed E-state index contributed by atoms with van der Waals surface area (Å²) in [7, 11) is 0. The van der Waals surface area contributed by atoms with Crippen molar-refractivity contribution in [3.05, 3.63) is 34.8 Å². The van der Waals surface area contributed by atoms with Crippen LogP contribution < -0.4 is 10.2 Å². The Balaban J connectivity index is 1.57. The monoisotopic (exact) mass is 316 g/mol. The number of nitrogens with zero attached hydrogens (tertiary/aromatic N) is 3. The van der Waals surface area contributed by atoms with Crippen molar-refractivity contribution in [1.29, 1.82) is 0 Å². The molecule has 0 spiro atoms. The molecule has 1 saturated heterocycles. The van der Waals surface area contributed by atoms with Gasteiger partial charge in [0.1, 0.15) is 0 Å². The predicted molar refractivity (Wildman–Crippen MR) is 89.4 cm³/mol. The van der Waals surface area contributed by atoms with Crippen molar-refractivity contribution in [3.63, 3.8) is 0 Å². The Morgan fingerprint density at radius 3 is 2.55 bits per heavy atom. The lowest BCUT2D eigenvalue weighted by molar-refractivity contribution is -0.115. The average Bonchev–Trinajstić information content (AvgIpc) is 2.87. The Bertz CT molecular complexity index is 589. The quantitative estimate of drug-likeness (QED) is 0.941. The third-order valence-electron chi connectivity index (χ3n) is 3.73. The summed E-state index contributed by atoms with van der Waals surface area (Å²) in [6, 6.07) is 3.91. The molecule has 0 radical (unpaired) electrons. The molecule has 6 heteroatoms. The van der Waals surface area contributed by atoms with Gasteiger partial charge in [0.2, 0.25) is 11.9 Å². The van der Waals surface area contributed by atoms with Crippen LogP contribution in [0.2, 0.25) is 0 Å². The standard InChI is InChI=1S/C16H20N4OS/c21-15(10-14-6-5-9-22-14)19-13-11-17-16(18-12-13)20-7-3-1-2-4-8-20/h5-6,9,11-12H,1-4,7-8,10H2,(H,19,21). The Labute approximate surface area is 134 Å². The summed E-state index contributed by atoms with van der Waals surface area (Å²) in [6.07, 6.45) is 8.75. The van der Waals surface area contributed by atoms with Crippen molar-refractivity contribution in [2.75, 3.05) is 23.3 Å². The Morgan fingerprint density at radius 1 is 1.18 bits per heavy atom. The van der Waals surface area contributed by atoms with Gasteiger partial charge in [-0.05, 0) is 24.3 Å². The molecule has 0 aromatic carbocycles. The maximum atomic E-state index is 11.9. The van der Waals surface area contributed by atoms with Gasteiger partial charge >= 0.3 is 0 Å². The van der Waals surface area contributed by atoms with Crippen LogP contribution in [0.5, 0.6) is 0 Å². The minimum atomic E-state index is -0.0337. The number of hydrogen-bond acceptors (Lipinski definition) is 5. The number of amides is 1. The highest BCUT2D eigenvalue weighted by atomic mass is 32.1. The van der Waals surface area contributed by atoms with E-state index >= 15 is 0 Å². The summed E-state index contributed by atoms with van der Waals surface area (Å²) in [5.74, 6) is 0.728. The van der Waals surface area contributed by atoms with Gasteiger partial charge in [0.15, 0.2) is 0 Å². The van der Waals surface area contributed by atoms with Crippen LogP contribution in [0, 0.1) is 0 Å². The second-order valence-electron chi connectivity index (χ2n) is 5.48. The summed E-state index contributed by atoms with van der Waals surface area (Å²) in [4.78, 5) is 24.0. The zero-order valence-corrected chi connectivity index (χ0v) is 13.3. The Morgan fingerprint density at radius 2 is 1.91 bits per heavy atom. The lowest BCUT2D eigenvalue weighted by Gasteiger charge is -2.19. The van der Waals surface area contributed by atoms with Gasteiger partial charge < -0.3 is 10.2 Å². The van der Waals surface area contributed by atoms with E-state index in [9.17, 15) is 4.79 Å². The van der Waals surface area contributed by atoms with E-state index < -0.39 is 0 Å². The number of rotatable bonds is 4. The van der Waals surface area contributed by atoms with Gasteiger partial charge in [0.05, 0.1) is 24.5 Å². The van der Waals surface area contributed by atoms with E-state index in [1.807, 2.05) is 17.5 Å². The minimum Gasteiger partial charge on any atom is -0.341 e. The molecule has 2 aromatic heterocycles. The van der Waals surface area contributed by atoms with Crippen molar-refractivity contribution >= 4 is 28.9 Å². The first-order chi connectivity index (χ1) is 10.8. The van der Waals surface area contributed by atoms with Crippen LogP contribution in [0.4, 0.5) is 11.6 Å². The molecule has 0 unspecified atom stereocenters. The molecule has 0 saturated carbocycles. The molecule has 3 rings (SSSR count). The number of aromatic nitrogens is 2. The fraction of sp³-hybridized carbons (Fsp3) is 0.438. The van der Waals surface area contributed by atoms with Crippen LogP contribution in [0.15, 0.2) is 29.9 Å². The molecule has 5 nitrogen and oxygen atoms in total. The highest BCUT2D eigenvalue weighted by Gasteiger charge is 2.12. The number of thiophene rings is 1. The summed E-state index contributed by atoms with van der Waals surface area (Å²) in [5, 5.41) is 4.82.